The molecule has 1 aromatic heterocycles. The quantitative estimate of drug-likeness (QED) is 0.618. The maximum Gasteiger partial charge on any atom is 0.256 e. The van der Waals surface area contributed by atoms with E-state index in [9.17, 15) is 13.2 Å². The zero-order valence-electron chi connectivity index (χ0n) is 18.1. The summed E-state index contributed by atoms with van der Waals surface area (Å²) in [5.41, 5.74) is 3.43. The molecule has 2 aromatic rings. The molecule has 7 nitrogen and oxygen atoms in total. The van der Waals surface area contributed by atoms with Crippen LogP contribution in [-0.4, -0.2) is 62.7 Å². The van der Waals surface area contributed by atoms with Gasteiger partial charge in [0.05, 0.1) is 17.0 Å². The molecule has 1 aromatic carbocycles. The fourth-order valence-electron chi connectivity index (χ4n) is 4.65. The molecule has 0 unspecified atom stereocenters. The standard InChI is InChI=1S/C23H27BrN4O3S/c1-16-13-18(17-3-4-17)15-25-22(16)26-8-10-27(11-9-26)23(29)20-6-5-19(24)14-21(20)28-7-2-12-32(28,30)31/h5-6,13-15,17H,2-4,7-12H2,1H3. The summed E-state index contributed by atoms with van der Waals surface area (Å²) in [4.78, 5) is 22.2. The van der Waals surface area contributed by atoms with Crippen LogP contribution in [0.15, 0.2) is 34.9 Å². The van der Waals surface area contributed by atoms with Gasteiger partial charge < -0.3 is 9.80 Å². The molecule has 0 N–H and O–H groups in total. The van der Waals surface area contributed by atoms with E-state index in [-0.39, 0.29) is 11.7 Å². The molecule has 0 spiro atoms. The molecule has 0 radical (unpaired) electrons. The third-order valence-corrected chi connectivity index (χ3v) is 8.89. The Balaban J connectivity index is 1.32. The summed E-state index contributed by atoms with van der Waals surface area (Å²) in [6.07, 6.45) is 5.10. The lowest BCUT2D eigenvalue weighted by Gasteiger charge is -2.36. The highest BCUT2D eigenvalue weighted by Gasteiger charge is 2.33. The van der Waals surface area contributed by atoms with Crippen molar-refractivity contribution in [3.05, 3.63) is 51.6 Å². The first-order valence-corrected chi connectivity index (χ1v) is 13.5. The maximum atomic E-state index is 13.4. The van der Waals surface area contributed by atoms with Crippen LogP contribution >= 0.6 is 15.9 Å². The second-order valence-electron chi connectivity index (χ2n) is 8.87. The Morgan fingerprint density at radius 3 is 2.47 bits per heavy atom. The second-order valence-corrected chi connectivity index (χ2v) is 11.8. The number of hydrogen-bond acceptors (Lipinski definition) is 5. The number of piperazine rings is 1. The van der Waals surface area contributed by atoms with E-state index in [1.165, 1.54) is 28.3 Å². The summed E-state index contributed by atoms with van der Waals surface area (Å²) < 4.78 is 27.1. The SMILES string of the molecule is Cc1cc(C2CC2)cnc1N1CCN(C(=O)c2ccc(Br)cc2N2CCCS2(=O)=O)CC1. The third-order valence-electron chi connectivity index (χ3n) is 6.55. The van der Waals surface area contributed by atoms with Gasteiger partial charge in [-0.2, -0.15) is 0 Å². The van der Waals surface area contributed by atoms with E-state index < -0.39 is 10.0 Å². The lowest BCUT2D eigenvalue weighted by Crippen LogP contribution is -2.49. The van der Waals surface area contributed by atoms with E-state index in [0.717, 1.165) is 10.3 Å². The highest BCUT2D eigenvalue weighted by atomic mass is 79.9. The van der Waals surface area contributed by atoms with Crippen molar-refractivity contribution in [1.82, 2.24) is 9.88 Å². The van der Waals surface area contributed by atoms with Crippen LogP contribution in [0.2, 0.25) is 0 Å². The average molecular weight is 519 g/mol. The highest BCUT2D eigenvalue weighted by Crippen LogP contribution is 2.40. The summed E-state index contributed by atoms with van der Waals surface area (Å²) in [6, 6.07) is 7.51. The summed E-state index contributed by atoms with van der Waals surface area (Å²) in [6.45, 7) is 5.08. The average Bonchev–Trinajstić information content (AvgIpc) is 3.56. The predicted octanol–water partition coefficient (Wildman–Crippen LogP) is 3.53. The van der Waals surface area contributed by atoms with Gasteiger partial charge in [-0.1, -0.05) is 22.0 Å². The van der Waals surface area contributed by atoms with Crippen molar-refractivity contribution in [1.29, 1.82) is 0 Å². The van der Waals surface area contributed by atoms with Crippen LogP contribution in [0.1, 0.15) is 46.7 Å². The van der Waals surface area contributed by atoms with Crippen LogP contribution in [0.25, 0.3) is 0 Å². The molecule has 3 aliphatic rings. The minimum absolute atomic E-state index is 0.122. The molecule has 3 fully saturated rings. The molecule has 9 heteroatoms. The van der Waals surface area contributed by atoms with E-state index >= 15 is 0 Å². The van der Waals surface area contributed by atoms with Gasteiger partial charge in [-0.25, -0.2) is 13.4 Å². The van der Waals surface area contributed by atoms with Gasteiger partial charge in [0.15, 0.2) is 0 Å². The molecular weight excluding hydrogens is 492 g/mol. The largest absolute Gasteiger partial charge is 0.353 e. The molecule has 3 heterocycles. The van der Waals surface area contributed by atoms with Gasteiger partial charge >= 0.3 is 0 Å². The Morgan fingerprint density at radius 2 is 1.84 bits per heavy atom. The summed E-state index contributed by atoms with van der Waals surface area (Å²) in [5, 5.41) is 0. The molecule has 5 rings (SSSR count). The maximum absolute atomic E-state index is 13.4. The molecule has 0 atom stereocenters. The molecular formula is C23H27BrN4O3S. The number of hydrogen-bond donors (Lipinski definition) is 0. The topological polar surface area (TPSA) is 73.8 Å². The van der Waals surface area contributed by atoms with Crippen molar-refractivity contribution in [2.75, 3.05) is 47.7 Å². The zero-order chi connectivity index (χ0) is 22.5. The molecule has 1 saturated carbocycles. The van der Waals surface area contributed by atoms with Crippen molar-refractivity contribution in [3.63, 3.8) is 0 Å². The molecule has 32 heavy (non-hydrogen) atoms. The minimum atomic E-state index is -3.37. The van der Waals surface area contributed by atoms with Crippen LogP contribution in [-0.2, 0) is 10.0 Å². The van der Waals surface area contributed by atoms with Gasteiger partial charge in [0.25, 0.3) is 5.91 Å². The number of pyridine rings is 1. The van der Waals surface area contributed by atoms with Crippen molar-refractivity contribution in [2.45, 2.75) is 32.1 Å². The fraction of sp³-hybridized carbons (Fsp3) is 0.478. The van der Waals surface area contributed by atoms with Gasteiger partial charge in [0.1, 0.15) is 5.82 Å². The number of anilines is 2. The minimum Gasteiger partial charge on any atom is -0.353 e. The number of aryl methyl sites for hydroxylation is 1. The molecule has 0 bridgehead atoms. The second kappa shape index (κ2) is 8.33. The first-order valence-electron chi connectivity index (χ1n) is 11.1. The van der Waals surface area contributed by atoms with Gasteiger partial charge in [-0.05, 0) is 61.4 Å². The van der Waals surface area contributed by atoms with Gasteiger partial charge in [0.2, 0.25) is 10.0 Å². The number of nitrogens with zero attached hydrogens (tertiary/aromatic N) is 4. The fourth-order valence-corrected chi connectivity index (χ4v) is 6.58. The molecule has 1 amide bonds. The van der Waals surface area contributed by atoms with Crippen molar-refractivity contribution >= 4 is 43.4 Å². The number of rotatable bonds is 4. The van der Waals surface area contributed by atoms with Crippen molar-refractivity contribution in [3.8, 4) is 0 Å². The normalized spacial score (nSPS) is 20.6. The van der Waals surface area contributed by atoms with Crippen molar-refractivity contribution in [2.24, 2.45) is 0 Å². The van der Waals surface area contributed by atoms with Crippen LogP contribution in [0.4, 0.5) is 11.5 Å². The third kappa shape index (κ3) is 4.12. The van der Waals surface area contributed by atoms with E-state index in [1.807, 2.05) is 11.1 Å². The molecule has 2 aliphatic heterocycles. The van der Waals surface area contributed by atoms with E-state index in [2.05, 4.69) is 33.8 Å². The predicted molar refractivity (Wildman–Crippen MR) is 129 cm³/mol. The summed E-state index contributed by atoms with van der Waals surface area (Å²) >= 11 is 3.42. The monoisotopic (exact) mass is 518 g/mol. The number of aromatic nitrogens is 1. The number of carbonyl (C=O) groups excluding carboxylic acids is 1. The summed E-state index contributed by atoms with van der Waals surface area (Å²) in [5.74, 6) is 1.68. The van der Waals surface area contributed by atoms with Crippen LogP contribution in [0.5, 0.6) is 0 Å². The Labute approximate surface area is 197 Å². The van der Waals surface area contributed by atoms with Crippen LogP contribution in [0, 0.1) is 6.92 Å². The lowest BCUT2D eigenvalue weighted by atomic mass is 10.1. The number of sulfonamides is 1. The Hall–Kier alpha value is -2.13. The first-order chi connectivity index (χ1) is 15.3. The van der Waals surface area contributed by atoms with Crippen LogP contribution in [0.3, 0.4) is 0 Å². The van der Waals surface area contributed by atoms with Crippen LogP contribution < -0.4 is 9.21 Å². The molecule has 2 saturated heterocycles. The smallest absolute Gasteiger partial charge is 0.256 e. The Kier molecular flexibility index (Phi) is 5.65. The summed E-state index contributed by atoms with van der Waals surface area (Å²) in [7, 11) is -3.37. The Morgan fingerprint density at radius 1 is 1.09 bits per heavy atom. The zero-order valence-corrected chi connectivity index (χ0v) is 20.5. The van der Waals surface area contributed by atoms with E-state index in [0.29, 0.717) is 56.3 Å². The number of amides is 1. The van der Waals surface area contributed by atoms with E-state index in [1.54, 1.807) is 18.2 Å². The number of carbonyl (C=O) groups is 1. The Bertz CT molecular complexity index is 1160. The van der Waals surface area contributed by atoms with E-state index in [4.69, 9.17) is 4.98 Å². The van der Waals surface area contributed by atoms with Gasteiger partial charge in [0, 0.05) is 43.4 Å². The highest BCUT2D eigenvalue weighted by molar-refractivity contribution is 9.10. The lowest BCUT2D eigenvalue weighted by molar-refractivity contribution is 0.0747. The first kappa shape index (κ1) is 21.7. The molecule has 1 aliphatic carbocycles. The number of benzene rings is 1. The van der Waals surface area contributed by atoms with Gasteiger partial charge in [-0.3, -0.25) is 9.10 Å². The number of halogens is 1. The van der Waals surface area contributed by atoms with Gasteiger partial charge in [-0.15, -0.1) is 0 Å². The molecule has 170 valence electrons. The van der Waals surface area contributed by atoms with Crippen molar-refractivity contribution < 1.29 is 13.2 Å².